The lowest BCUT2D eigenvalue weighted by Gasteiger charge is -2.10. The molecule has 0 aliphatic rings. The highest BCUT2D eigenvalue weighted by atomic mass is 79.9. The second-order valence-electron chi connectivity index (χ2n) is 3.45. The zero-order valence-corrected chi connectivity index (χ0v) is 11.0. The van der Waals surface area contributed by atoms with Crippen LogP contribution in [0.4, 0.5) is 11.6 Å². The predicted octanol–water partition coefficient (Wildman–Crippen LogP) is 1.83. The number of anilines is 2. The van der Waals surface area contributed by atoms with E-state index in [1.165, 1.54) is 0 Å². The van der Waals surface area contributed by atoms with Gasteiger partial charge in [0.05, 0.1) is 0 Å². The highest BCUT2D eigenvalue weighted by Crippen LogP contribution is 2.26. The molecule has 0 atom stereocenters. The van der Waals surface area contributed by atoms with E-state index in [1.54, 1.807) is 23.1 Å². The maximum Gasteiger partial charge on any atom is 0.254 e. The average molecular weight is 297 g/mol. The number of aromatic nitrogens is 4. The van der Waals surface area contributed by atoms with Crippen LogP contribution in [0.25, 0.3) is 5.95 Å². The van der Waals surface area contributed by atoms with Gasteiger partial charge in [0.25, 0.3) is 5.95 Å². The van der Waals surface area contributed by atoms with E-state index in [1.807, 2.05) is 0 Å². The fourth-order valence-corrected chi connectivity index (χ4v) is 1.62. The zero-order chi connectivity index (χ0) is 12.3. The number of hydrogen-bond donors (Lipinski definition) is 2. The summed E-state index contributed by atoms with van der Waals surface area (Å²) in [6.45, 7) is 2.91. The summed E-state index contributed by atoms with van der Waals surface area (Å²) in [6.07, 6.45) is 4.44. The molecular formula is C10H13BrN6. The number of nitrogens with one attached hydrogen (secondary N) is 1. The fraction of sp³-hybridized carbons (Fsp3) is 0.300. The van der Waals surface area contributed by atoms with Gasteiger partial charge in [-0.05, 0) is 28.4 Å². The minimum Gasteiger partial charge on any atom is -0.383 e. The molecule has 2 rings (SSSR count). The van der Waals surface area contributed by atoms with Crippen molar-refractivity contribution in [2.24, 2.45) is 0 Å². The smallest absolute Gasteiger partial charge is 0.254 e. The highest BCUT2D eigenvalue weighted by Gasteiger charge is 2.10. The Bertz CT molecular complexity index is 496. The van der Waals surface area contributed by atoms with Crippen LogP contribution in [0.15, 0.2) is 22.9 Å². The third-order valence-electron chi connectivity index (χ3n) is 2.12. The first-order valence-corrected chi connectivity index (χ1v) is 6.08. The molecule has 7 heteroatoms. The molecule has 0 fully saturated rings. The van der Waals surface area contributed by atoms with Crippen LogP contribution in [0.2, 0.25) is 0 Å². The molecule has 0 aliphatic heterocycles. The van der Waals surface area contributed by atoms with Crippen molar-refractivity contribution in [1.82, 2.24) is 19.7 Å². The summed E-state index contributed by atoms with van der Waals surface area (Å²) in [5, 5.41) is 7.26. The molecule has 2 aromatic heterocycles. The van der Waals surface area contributed by atoms with Gasteiger partial charge in [-0.1, -0.05) is 6.92 Å². The minimum absolute atomic E-state index is 0.393. The Morgan fingerprint density at radius 1 is 1.47 bits per heavy atom. The summed E-state index contributed by atoms with van der Waals surface area (Å²) in [7, 11) is 0. The number of rotatable bonds is 4. The monoisotopic (exact) mass is 296 g/mol. The third kappa shape index (κ3) is 2.55. The zero-order valence-electron chi connectivity index (χ0n) is 9.39. The van der Waals surface area contributed by atoms with E-state index < -0.39 is 0 Å². The van der Waals surface area contributed by atoms with Crippen molar-refractivity contribution in [1.29, 1.82) is 0 Å². The molecule has 0 spiro atoms. The van der Waals surface area contributed by atoms with E-state index in [9.17, 15) is 0 Å². The van der Waals surface area contributed by atoms with Crippen LogP contribution in [-0.2, 0) is 0 Å². The van der Waals surface area contributed by atoms with Crippen molar-refractivity contribution in [3.63, 3.8) is 0 Å². The molecule has 0 saturated carbocycles. The lowest BCUT2D eigenvalue weighted by molar-refractivity contribution is 0.808. The number of nitrogen functional groups attached to an aromatic ring is 1. The number of nitrogens with two attached hydrogens (primary N) is 1. The Labute approximate surface area is 107 Å². The molecule has 0 saturated heterocycles. The van der Waals surface area contributed by atoms with Gasteiger partial charge < -0.3 is 11.1 Å². The molecule has 90 valence electrons. The first kappa shape index (κ1) is 11.8. The van der Waals surface area contributed by atoms with Gasteiger partial charge in [0, 0.05) is 18.9 Å². The Balaban J connectivity index is 2.39. The first-order valence-electron chi connectivity index (χ1n) is 5.29. The van der Waals surface area contributed by atoms with Crippen LogP contribution < -0.4 is 11.1 Å². The highest BCUT2D eigenvalue weighted by molar-refractivity contribution is 9.10. The average Bonchev–Trinajstić information content (AvgIpc) is 2.84. The van der Waals surface area contributed by atoms with Gasteiger partial charge in [-0.3, -0.25) is 0 Å². The lowest BCUT2D eigenvalue weighted by atomic mass is 10.4. The Hall–Kier alpha value is -1.63. The van der Waals surface area contributed by atoms with Gasteiger partial charge in [-0.25, -0.2) is 4.68 Å². The SMILES string of the molecule is CCCNc1nc(-n2cccn2)nc(N)c1Br. The van der Waals surface area contributed by atoms with E-state index >= 15 is 0 Å². The number of halogens is 1. The minimum atomic E-state index is 0.393. The van der Waals surface area contributed by atoms with Gasteiger partial charge in [-0.2, -0.15) is 15.1 Å². The van der Waals surface area contributed by atoms with Crippen LogP contribution in [0.1, 0.15) is 13.3 Å². The van der Waals surface area contributed by atoms with E-state index in [4.69, 9.17) is 5.73 Å². The largest absolute Gasteiger partial charge is 0.383 e. The van der Waals surface area contributed by atoms with Crippen LogP contribution in [0.3, 0.4) is 0 Å². The maximum absolute atomic E-state index is 5.82. The summed E-state index contributed by atoms with van der Waals surface area (Å²) in [5.41, 5.74) is 5.82. The van der Waals surface area contributed by atoms with Gasteiger partial charge in [0.1, 0.15) is 16.1 Å². The Kier molecular flexibility index (Phi) is 3.58. The van der Waals surface area contributed by atoms with Crippen LogP contribution in [-0.4, -0.2) is 26.3 Å². The molecule has 2 heterocycles. The van der Waals surface area contributed by atoms with Crippen molar-refractivity contribution in [2.45, 2.75) is 13.3 Å². The van der Waals surface area contributed by atoms with Crippen LogP contribution in [0, 0.1) is 0 Å². The second-order valence-corrected chi connectivity index (χ2v) is 4.24. The van der Waals surface area contributed by atoms with E-state index in [-0.39, 0.29) is 0 Å². The lowest BCUT2D eigenvalue weighted by Crippen LogP contribution is -2.10. The number of nitrogens with zero attached hydrogens (tertiary/aromatic N) is 4. The molecule has 2 aromatic rings. The van der Waals surface area contributed by atoms with Crippen molar-refractivity contribution in [3.05, 3.63) is 22.9 Å². The first-order chi connectivity index (χ1) is 8.22. The summed E-state index contributed by atoms with van der Waals surface area (Å²) in [4.78, 5) is 8.53. The maximum atomic E-state index is 5.82. The van der Waals surface area contributed by atoms with Crippen molar-refractivity contribution >= 4 is 27.6 Å². The molecule has 0 radical (unpaired) electrons. The molecule has 3 N–H and O–H groups in total. The predicted molar refractivity (Wildman–Crippen MR) is 70.0 cm³/mol. The second kappa shape index (κ2) is 5.13. The normalized spacial score (nSPS) is 10.5. The molecule has 0 bridgehead atoms. The van der Waals surface area contributed by atoms with E-state index in [0.29, 0.717) is 22.1 Å². The standard InChI is InChI=1S/C10H13BrN6/c1-2-4-13-9-7(11)8(12)15-10(16-9)17-6-3-5-14-17/h3,5-6H,2,4H2,1H3,(H3,12,13,15,16). The summed E-state index contributed by atoms with van der Waals surface area (Å²) in [5.74, 6) is 1.53. The van der Waals surface area contributed by atoms with Gasteiger partial charge >= 0.3 is 0 Å². The molecule has 17 heavy (non-hydrogen) atoms. The van der Waals surface area contributed by atoms with E-state index in [2.05, 4.69) is 43.2 Å². The number of hydrogen-bond acceptors (Lipinski definition) is 5. The topological polar surface area (TPSA) is 81.7 Å². The molecule has 0 unspecified atom stereocenters. The fourth-order valence-electron chi connectivity index (χ4n) is 1.30. The molecule has 6 nitrogen and oxygen atoms in total. The van der Waals surface area contributed by atoms with Crippen LogP contribution in [0.5, 0.6) is 0 Å². The molecular weight excluding hydrogens is 284 g/mol. The summed E-state index contributed by atoms with van der Waals surface area (Å²) in [6, 6.07) is 1.81. The van der Waals surface area contributed by atoms with Crippen LogP contribution >= 0.6 is 15.9 Å². The quantitative estimate of drug-likeness (QED) is 0.899. The summed E-state index contributed by atoms with van der Waals surface area (Å²) >= 11 is 3.37. The van der Waals surface area contributed by atoms with Crippen molar-refractivity contribution < 1.29 is 0 Å². The molecule has 0 aromatic carbocycles. The molecule has 0 aliphatic carbocycles. The summed E-state index contributed by atoms with van der Waals surface area (Å²) < 4.78 is 2.25. The third-order valence-corrected chi connectivity index (χ3v) is 2.90. The van der Waals surface area contributed by atoms with E-state index in [0.717, 1.165) is 13.0 Å². The van der Waals surface area contributed by atoms with Crippen molar-refractivity contribution in [3.8, 4) is 5.95 Å². The molecule has 0 amide bonds. The Morgan fingerprint density at radius 2 is 2.29 bits per heavy atom. The Morgan fingerprint density at radius 3 is 2.94 bits per heavy atom. The van der Waals surface area contributed by atoms with Gasteiger partial charge in [-0.15, -0.1) is 0 Å². The van der Waals surface area contributed by atoms with Gasteiger partial charge in [0.2, 0.25) is 0 Å². The van der Waals surface area contributed by atoms with Crippen molar-refractivity contribution in [2.75, 3.05) is 17.6 Å². The van der Waals surface area contributed by atoms with Gasteiger partial charge in [0.15, 0.2) is 0 Å².